The number of rotatable bonds is 29. The molecule has 1 atom stereocenters. The van der Waals surface area contributed by atoms with Gasteiger partial charge in [0, 0.05) is 167 Å². The number of aliphatic hydroxyl groups excluding tert-OH is 2. The Labute approximate surface area is 722 Å². The van der Waals surface area contributed by atoms with Crippen molar-refractivity contribution in [3.05, 3.63) is 305 Å². The Morgan fingerprint density at radius 1 is 0.496 bits per heavy atom. The van der Waals surface area contributed by atoms with Gasteiger partial charge in [-0.1, -0.05) is 78.9 Å². The molecule has 11 heterocycles. The molecule has 5 aromatic carbocycles. The molecule has 8 aromatic heterocycles. The van der Waals surface area contributed by atoms with E-state index in [4.69, 9.17) is 41.9 Å². The molecule has 28 heteroatoms. The molecule has 3 aliphatic rings. The third-order valence-electron chi connectivity index (χ3n) is 21.2. The highest BCUT2D eigenvalue weighted by molar-refractivity contribution is 7.13. The molecular formula is C95H100N16O10S2. The van der Waals surface area contributed by atoms with Gasteiger partial charge in [0.2, 0.25) is 11.6 Å². The molecule has 26 nitrogen and oxygen atoms in total. The number of carbonyl (C=O) groups excluding carboxylic acids is 5. The molecule has 0 spiro atoms. The average molecular weight is 1690 g/mol. The number of piperazine rings is 2. The van der Waals surface area contributed by atoms with Crippen LogP contribution in [0.5, 0.6) is 5.75 Å². The maximum absolute atomic E-state index is 12.9. The van der Waals surface area contributed by atoms with Gasteiger partial charge in [0.15, 0.2) is 23.2 Å². The number of hydrogen-bond acceptors (Lipinski definition) is 26. The number of Topliss-reactive ketones (excluding diaryl/α,β-unsaturated/α-hetero) is 4. The molecule has 632 valence electrons. The number of pyridine rings is 3. The fourth-order valence-electron chi connectivity index (χ4n) is 14.2. The van der Waals surface area contributed by atoms with Crippen LogP contribution >= 0.6 is 22.7 Å². The molecule has 0 bridgehead atoms. The first-order chi connectivity index (χ1) is 60.0. The van der Waals surface area contributed by atoms with Crippen molar-refractivity contribution < 1.29 is 48.1 Å². The number of nitrogens with one attached hydrogen (secondary N) is 2. The van der Waals surface area contributed by atoms with Crippen LogP contribution in [0.2, 0.25) is 0 Å². The van der Waals surface area contributed by atoms with E-state index >= 15 is 0 Å². The van der Waals surface area contributed by atoms with E-state index in [2.05, 4.69) is 56.5 Å². The van der Waals surface area contributed by atoms with E-state index in [9.17, 15) is 29.1 Å². The highest BCUT2D eigenvalue weighted by Crippen LogP contribution is 2.33. The van der Waals surface area contributed by atoms with Gasteiger partial charge >= 0.3 is 6.03 Å². The number of ketones is 4. The third kappa shape index (κ3) is 25.5. The predicted octanol–water partition coefficient (Wildman–Crippen LogP) is 13.5. The standard InChI is InChI=1S/C28H33N5O2S.C27H26N4O2.C20H21N5O2.C20H20N2O4S/c29-24-5-4-22(27-2-1-15-36-27)17-23(24)18-26(34)25-6-3-21(19-31-25)16-20-7-11-32(12-8-20)28(35)33-13-9-30-10-14-33;28-25-11-10-23(22-8-2-1-3-9-22)14-24(25)15-26(32)27-30-17-20(18-31-27)7-5-13-33-19-21-6-4-12-29-16-21;21-18-2-1-14(15-3-8-27-13-15)9-16(18)10-19(26)20-23-11-17(12-24-20)25-6-4-22-5-7-25;21-17-5-3-13(20-2-1-7-27-20)8-14(17)9-19(25)18-6-4-16(10-22-18)26-12-15(24)11-23/h1-6,15,17,19-20,30H,7-14,16,18,29H2;1-4,6,8-12,14,16-18H,5,7,13,15,19,28H2;1-3,8-9,11-13,22H,4-7,10,21H2;1-8,10,15,23-24H,9,11-12,21H2/t;;;15-/m...1/s1. The van der Waals surface area contributed by atoms with Crippen LogP contribution in [-0.4, -0.2) is 175 Å². The van der Waals surface area contributed by atoms with Crippen LogP contribution in [0.1, 0.15) is 100 Å². The van der Waals surface area contributed by atoms with E-state index in [0.717, 1.165) is 185 Å². The van der Waals surface area contributed by atoms with Crippen molar-refractivity contribution in [2.45, 2.75) is 70.5 Å². The van der Waals surface area contributed by atoms with Gasteiger partial charge < -0.3 is 72.4 Å². The molecule has 0 aliphatic carbocycles. The first kappa shape index (κ1) is 87.7. The fourth-order valence-corrected chi connectivity index (χ4v) is 15.7. The molecule has 13 aromatic rings. The van der Waals surface area contributed by atoms with Crippen LogP contribution < -0.4 is 43.2 Å². The monoisotopic (exact) mass is 1690 g/mol. The van der Waals surface area contributed by atoms with Crippen molar-refractivity contribution in [2.24, 2.45) is 5.92 Å². The van der Waals surface area contributed by atoms with Crippen LogP contribution in [0.3, 0.4) is 0 Å². The van der Waals surface area contributed by atoms with Crippen LogP contribution in [-0.2, 0) is 49.9 Å². The predicted molar refractivity (Wildman–Crippen MR) is 482 cm³/mol. The summed E-state index contributed by atoms with van der Waals surface area (Å²) in [5, 5.41) is 28.7. The molecule has 12 N–H and O–H groups in total. The summed E-state index contributed by atoms with van der Waals surface area (Å²) in [6.07, 6.45) is 21.2. The number of anilines is 5. The van der Waals surface area contributed by atoms with Crippen molar-refractivity contribution in [3.8, 4) is 48.9 Å². The largest absolute Gasteiger partial charge is 0.489 e. The number of hydrogen-bond donors (Lipinski definition) is 8. The molecule has 16 rings (SSSR count). The van der Waals surface area contributed by atoms with Crippen LogP contribution in [0.4, 0.5) is 33.2 Å². The lowest BCUT2D eigenvalue weighted by Gasteiger charge is -2.37. The summed E-state index contributed by atoms with van der Waals surface area (Å²) in [6, 6.07) is 54.0. The Morgan fingerprint density at radius 2 is 1.02 bits per heavy atom. The highest BCUT2D eigenvalue weighted by Gasteiger charge is 2.28. The summed E-state index contributed by atoms with van der Waals surface area (Å²) >= 11 is 3.30. The summed E-state index contributed by atoms with van der Waals surface area (Å²) < 4.78 is 16.1. The number of urea groups is 1. The van der Waals surface area contributed by atoms with E-state index < -0.39 is 6.10 Å². The third-order valence-corrected chi connectivity index (χ3v) is 23.0. The second-order valence-electron chi connectivity index (χ2n) is 30.1. The molecular weight excluding hydrogens is 1590 g/mol. The number of amides is 2. The van der Waals surface area contributed by atoms with E-state index in [1.54, 1.807) is 90.6 Å². The minimum Gasteiger partial charge on any atom is -0.489 e. The number of likely N-dealkylation sites (tertiary alicyclic amines) is 1. The second kappa shape index (κ2) is 44.5. The lowest BCUT2D eigenvalue weighted by Crippen LogP contribution is -2.53. The fraction of sp³-hybridized carbons (Fsp3) is 0.263. The zero-order valence-electron chi connectivity index (χ0n) is 68.3. The second-order valence-corrected chi connectivity index (χ2v) is 31.9. The minimum absolute atomic E-state index is 0.0312. The van der Waals surface area contributed by atoms with Gasteiger partial charge in [-0.05, 0) is 207 Å². The van der Waals surface area contributed by atoms with Gasteiger partial charge in [-0.2, -0.15) is 0 Å². The first-order valence-corrected chi connectivity index (χ1v) is 42.7. The van der Waals surface area contributed by atoms with Crippen molar-refractivity contribution in [2.75, 3.05) is 113 Å². The highest BCUT2D eigenvalue weighted by atomic mass is 32.1. The van der Waals surface area contributed by atoms with Crippen molar-refractivity contribution in [1.82, 2.24) is 55.3 Å². The minimum atomic E-state index is -0.954. The summed E-state index contributed by atoms with van der Waals surface area (Å²) in [7, 11) is 0. The Bertz CT molecular complexity index is 5550. The van der Waals surface area contributed by atoms with E-state index in [1.165, 1.54) is 6.20 Å². The number of nitrogens with two attached hydrogens (primary N) is 4. The van der Waals surface area contributed by atoms with Crippen molar-refractivity contribution in [1.29, 1.82) is 0 Å². The number of ether oxygens (including phenoxy) is 2. The smallest absolute Gasteiger partial charge is 0.320 e. The van der Waals surface area contributed by atoms with E-state index in [1.807, 2.05) is 172 Å². The number of aromatic nitrogens is 7. The number of carbonyl (C=O) groups is 5. The van der Waals surface area contributed by atoms with Crippen LogP contribution in [0.15, 0.2) is 247 Å². The normalized spacial score (nSPS) is 13.6. The molecule has 3 saturated heterocycles. The molecule has 3 aliphatic heterocycles. The Balaban J connectivity index is 0.000000142. The van der Waals surface area contributed by atoms with Crippen molar-refractivity contribution in [3.63, 3.8) is 0 Å². The Morgan fingerprint density at radius 3 is 1.53 bits per heavy atom. The quantitative estimate of drug-likeness (QED) is 0.0123. The maximum Gasteiger partial charge on any atom is 0.320 e. The van der Waals surface area contributed by atoms with Crippen LogP contribution in [0, 0.1) is 5.92 Å². The van der Waals surface area contributed by atoms with Gasteiger partial charge in [0.1, 0.15) is 29.8 Å². The van der Waals surface area contributed by atoms with Gasteiger partial charge in [0.05, 0.1) is 50.0 Å². The Hall–Kier alpha value is -13.1. The Kier molecular flexibility index (Phi) is 31.7. The van der Waals surface area contributed by atoms with Crippen molar-refractivity contribution >= 4 is 80.3 Å². The van der Waals surface area contributed by atoms with Gasteiger partial charge in [-0.25, -0.2) is 29.7 Å². The summed E-state index contributed by atoms with van der Waals surface area (Å²) in [6.45, 7) is 9.41. The summed E-state index contributed by atoms with van der Waals surface area (Å²) in [4.78, 5) is 102. The number of aliphatic hydroxyl groups is 2. The molecule has 0 saturated carbocycles. The topological polar surface area (TPSA) is 385 Å². The number of furan rings is 1. The molecule has 123 heavy (non-hydrogen) atoms. The molecule has 3 fully saturated rings. The number of nitrogens with zero attached hydrogens (tertiary/aromatic N) is 10. The zero-order chi connectivity index (χ0) is 85.7. The summed E-state index contributed by atoms with van der Waals surface area (Å²) in [5.41, 5.74) is 40.9. The van der Waals surface area contributed by atoms with E-state index in [0.29, 0.717) is 59.0 Å². The van der Waals surface area contributed by atoms with Gasteiger partial charge in [-0.3, -0.25) is 29.1 Å². The number of piperidine rings is 1. The average Bonchev–Trinajstić information content (AvgIpc) is 1.57. The summed E-state index contributed by atoms with van der Waals surface area (Å²) in [5.74, 6) is 0.871. The molecule has 0 radical (unpaired) electrons. The maximum atomic E-state index is 12.9. The lowest BCUT2D eigenvalue weighted by molar-refractivity contribution is 0.0535. The lowest BCUT2D eigenvalue weighted by atomic mass is 9.90. The SMILES string of the molecule is Nc1ccc(-c2ccccc2)cc1CC(=O)c1ncc(CCCOCc2cccnc2)cn1.Nc1ccc(-c2cccs2)cc1CC(=O)c1ccc(CC2CCN(C(=O)N3CCNCC3)CC2)cn1.Nc1ccc(-c2cccs2)cc1CC(=O)c1ccc(OC[C@H](O)CO)cn1.Nc1ccc(-c2ccoc2)cc1CC(=O)c1ncc(N2CCNCC2)cn1. The zero-order valence-corrected chi connectivity index (χ0v) is 69.9. The molecule has 2 amide bonds. The number of thiophene rings is 2. The van der Waals surface area contributed by atoms with E-state index in [-0.39, 0.29) is 79.7 Å². The number of benzene rings is 5. The molecule has 0 unspecified atom stereocenters. The first-order valence-electron chi connectivity index (χ1n) is 41.0. The van der Waals surface area contributed by atoms with Gasteiger partial charge in [0.25, 0.3) is 0 Å². The van der Waals surface area contributed by atoms with Crippen LogP contribution in [0.25, 0.3) is 43.1 Å². The van der Waals surface area contributed by atoms with Gasteiger partial charge in [-0.15, -0.1) is 22.7 Å². The number of nitrogen functional groups attached to an aromatic ring is 4. The number of aryl methyl sites for hydroxylation is 1.